The second-order valence-corrected chi connectivity index (χ2v) is 4.50. The molecule has 0 N–H and O–H groups in total. The summed E-state index contributed by atoms with van der Waals surface area (Å²) in [5, 5.41) is 0. The van der Waals surface area contributed by atoms with Crippen LogP contribution in [0.2, 0.25) is 0 Å². The molecule has 0 saturated carbocycles. The maximum Gasteiger partial charge on any atom is 0.299 e. The van der Waals surface area contributed by atoms with Gasteiger partial charge in [0.05, 0.1) is 5.56 Å². The number of rotatable bonds is 1. The first kappa shape index (κ1) is 11.0. The fourth-order valence-corrected chi connectivity index (χ4v) is 2.50. The van der Waals surface area contributed by atoms with Crippen LogP contribution in [0.25, 0.3) is 0 Å². The average Bonchev–Trinajstić information content (AvgIpc) is 2.40. The Morgan fingerprint density at radius 2 is 1.61 bits per heavy atom. The van der Waals surface area contributed by atoms with E-state index in [1.807, 2.05) is 24.3 Å². The van der Waals surface area contributed by atoms with Crippen molar-refractivity contribution in [2.75, 3.05) is 0 Å². The first-order valence-corrected chi connectivity index (χ1v) is 6.21. The first-order valence-electron chi connectivity index (χ1n) is 6.21. The van der Waals surface area contributed by atoms with Gasteiger partial charge in [-0.1, -0.05) is 30.3 Å². The number of ether oxygens (including phenoxy) is 1. The summed E-state index contributed by atoms with van der Waals surface area (Å²) in [5.41, 5.74) is 3.56. The summed E-state index contributed by atoms with van der Waals surface area (Å²) >= 11 is 0. The van der Waals surface area contributed by atoms with Crippen LogP contribution in [0.5, 0.6) is 5.75 Å². The van der Waals surface area contributed by atoms with Gasteiger partial charge >= 0.3 is 0 Å². The number of hydrogen-bond acceptors (Lipinski definition) is 1. The van der Waals surface area contributed by atoms with Gasteiger partial charge in [0.15, 0.2) is 5.71 Å². The molecule has 3 rings (SSSR count). The molecule has 90 valence electrons. The third-order valence-electron chi connectivity index (χ3n) is 3.33. The van der Waals surface area contributed by atoms with Crippen molar-refractivity contribution in [3.8, 4) is 5.75 Å². The maximum absolute atomic E-state index is 5.97. The van der Waals surface area contributed by atoms with Crippen LogP contribution in [0.1, 0.15) is 19.4 Å². The van der Waals surface area contributed by atoms with Gasteiger partial charge in [-0.25, -0.2) is 0 Å². The van der Waals surface area contributed by atoms with E-state index >= 15 is 0 Å². The van der Waals surface area contributed by atoms with Gasteiger partial charge in [0.25, 0.3) is 6.23 Å². The molecule has 1 unspecified atom stereocenters. The van der Waals surface area contributed by atoms with E-state index in [1.54, 1.807) is 0 Å². The Morgan fingerprint density at radius 3 is 2.39 bits per heavy atom. The van der Waals surface area contributed by atoms with Gasteiger partial charge < -0.3 is 4.74 Å². The molecule has 18 heavy (non-hydrogen) atoms. The van der Waals surface area contributed by atoms with E-state index in [2.05, 4.69) is 48.8 Å². The van der Waals surface area contributed by atoms with Gasteiger partial charge in [-0.2, -0.15) is 4.58 Å². The van der Waals surface area contributed by atoms with Crippen LogP contribution in [0.15, 0.2) is 54.6 Å². The maximum atomic E-state index is 5.97. The monoisotopic (exact) mass is 238 g/mol. The van der Waals surface area contributed by atoms with E-state index in [4.69, 9.17) is 4.74 Å². The lowest BCUT2D eigenvalue weighted by Gasteiger charge is -2.22. The molecule has 0 spiro atoms. The minimum Gasteiger partial charge on any atom is -0.433 e. The topological polar surface area (TPSA) is 12.2 Å². The van der Waals surface area contributed by atoms with Gasteiger partial charge in [-0.3, -0.25) is 0 Å². The summed E-state index contributed by atoms with van der Waals surface area (Å²) < 4.78 is 8.20. The molecule has 1 aliphatic rings. The molecule has 0 aromatic heterocycles. The highest BCUT2D eigenvalue weighted by atomic mass is 16.5. The molecule has 1 aliphatic heterocycles. The van der Waals surface area contributed by atoms with Crippen molar-refractivity contribution >= 4 is 11.4 Å². The van der Waals surface area contributed by atoms with Crippen molar-refractivity contribution in [3.63, 3.8) is 0 Å². The number of para-hydroxylation sites is 2. The predicted octanol–water partition coefficient (Wildman–Crippen LogP) is 3.58. The SMILES string of the molecule is CC1=[N+](c2ccccc2)C(C)Oc2ccccc21. The van der Waals surface area contributed by atoms with Crippen molar-refractivity contribution in [2.24, 2.45) is 0 Å². The number of fused-ring (bicyclic) bond motifs is 1. The van der Waals surface area contributed by atoms with Crippen molar-refractivity contribution in [3.05, 3.63) is 60.2 Å². The summed E-state index contributed by atoms with van der Waals surface area (Å²) in [6.07, 6.45) is 0.0160. The van der Waals surface area contributed by atoms with E-state index in [0.29, 0.717) is 0 Å². The molecule has 2 aromatic carbocycles. The smallest absolute Gasteiger partial charge is 0.299 e. The molecule has 2 heteroatoms. The van der Waals surface area contributed by atoms with E-state index in [0.717, 1.165) is 11.4 Å². The standard InChI is InChI=1S/C16H16NO/c1-12-15-10-6-7-11-16(15)18-13(2)17(12)14-8-4-3-5-9-14/h3-11,13H,1-2H3/q+1. The van der Waals surface area contributed by atoms with Crippen LogP contribution in [-0.4, -0.2) is 16.5 Å². The lowest BCUT2D eigenvalue weighted by Crippen LogP contribution is -2.34. The van der Waals surface area contributed by atoms with Crippen molar-refractivity contribution in [1.29, 1.82) is 0 Å². The van der Waals surface area contributed by atoms with Gasteiger partial charge in [-0.05, 0) is 12.1 Å². The Morgan fingerprint density at radius 1 is 0.944 bits per heavy atom. The van der Waals surface area contributed by atoms with Crippen LogP contribution < -0.4 is 4.74 Å². The summed E-state index contributed by atoms with van der Waals surface area (Å²) in [7, 11) is 0. The third kappa shape index (κ3) is 1.70. The van der Waals surface area contributed by atoms with E-state index in [1.165, 1.54) is 11.3 Å². The molecule has 0 radical (unpaired) electrons. The van der Waals surface area contributed by atoms with Gasteiger partial charge in [0.1, 0.15) is 5.75 Å². The van der Waals surface area contributed by atoms with Crippen LogP contribution in [0, 0.1) is 0 Å². The number of benzene rings is 2. The predicted molar refractivity (Wildman–Crippen MR) is 72.7 cm³/mol. The molecule has 0 aliphatic carbocycles. The minimum absolute atomic E-state index is 0.0160. The zero-order valence-corrected chi connectivity index (χ0v) is 10.6. The zero-order chi connectivity index (χ0) is 12.5. The molecule has 0 saturated heterocycles. The van der Waals surface area contributed by atoms with Gasteiger partial charge in [0.2, 0.25) is 5.69 Å². The first-order chi connectivity index (χ1) is 8.77. The Hall–Kier alpha value is -2.09. The summed E-state index contributed by atoms with van der Waals surface area (Å²) in [5.74, 6) is 0.967. The molecule has 1 heterocycles. The van der Waals surface area contributed by atoms with Crippen LogP contribution in [0.4, 0.5) is 5.69 Å². The summed E-state index contributed by atoms with van der Waals surface area (Å²) in [4.78, 5) is 0. The van der Waals surface area contributed by atoms with Gasteiger partial charge in [0, 0.05) is 26.0 Å². The molecule has 2 aromatic rings. The van der Waals surface area contributed by atoms with Crippen molar-refractivity contribution in [1.82, 2.24) is 0 Å². The molecule has 0 amide bonds. The molecular weight excluding hydrogens is 222 g/mol. The molecular formula is C16H16NO+. The zero-order valence-electron chi connectivity index (χ0n) is 10.6. The van der Waals surface area contributed by atoms with Crippen molar-refractivity contribution < 1.29 is 9.31 Å². The largest absolute Gasteiger partial charge is 0.433 e. The lowest BCUT2D eigenvalue weighted by molar-refractivity contribution is -0.527. The minimum atomic E-state index is 0.0160. The molecule has 0 fully saturated rings. The Kier molecular flexibility index (Phi) is 2.63. The Balaban J connectivity index is 2.20. The average molecular weight is 238 g/mol. The van der Waals surface area contributed by atoms with Gasteiger partial charge in [-0.15, -0.1) is 0 Å². The highest BCUT2D eigenvalue weighted by molar-refractivity contribution is 5.98. The molecule has 0 bridgehead atoms. The lowest BCUT2D eigenvalue weighted by atomic mass is 10.1. The van der Waals surface area contributed by atoms with Crippen LogP contribution in [0.3, 0.4) is 0 Å². The van der Waals surface area contributed by atoms with E-state index in [-0.39, 0.29) is 6.23 Å². The molecule has 1 atom stereocenters. The highest BCUT2D eigenvalue weighted by Crippen LogP contribution is 2.28. The second-order valence-electron chi connectivity index (χ2n) is 4.50. The van der Waals surface area contributed by atoms with Crippen LogP contribution >= 0.6 is 0 Å². The normalized spacial score (nSPS) is 18.2. The number of hydrogen-bond donors (Lipinski definition) is 0. The van der Waals surface area contributed by atoms with E-state index in [9.17, 15) is 0 Å². The third-order valence-corrected chi connectivity index (χ3v) is 3.33. The van der Waals surface area contributed by atoms with E-state index < -0.39 is 0 Å². The number of nitrogens with zero attached hydrogens (tertiary/aromatic N) is 1. The quantitative estimate of drug-likeness (QED) is 0.692. The summed E-state index contributed by atoms with van der Waals surface area (Å²) in [6.45, 7) is 4.22. The van der Waals surface area contributed by atoms with Crippen molar-refractivity contribution in [2.45, 2.75) is 20.1 Å². The summed E-state index contributed by atoms with van der Waals surface area (Å²) in [6, 6.07) is 18.5. The molecule has 2 nitrogen and oxygen atoms in total. The Bertz CT molecular complexity index is 602. The Labute approximate surface area is 107 Å². The highest BCUT2D eigenvalue weighted by Gasteiger charge is 2.30. The fourth-order valence-electron chi connectivity index (χ4n) is 2.50. The second kappa shape index (κ2) is 4.30. The van der Waals surface area contributed by atoms with Crippen LogP contribution in [-0.2, 0) is 0 Å². The fraction of sp³-hybridized carbons (Fsp3) is 0.188.